The van der Waals surface area contributed by atoms with E-state index in [9.17, 15) is 9.59 Å². The third kappa shape index (κ3) is 3.98. The van der Waals surface area contributed by atoms with E-state index in [2.05, 4.69) is 30.3 Å². The summed E-state index contributed by atoms with van der Waals surface area (Å²) in [5.41, 5.74) is 3.52. The molecule has 9 nitrogen and oxygen atoms in total. The lowest BCUT2D eigenvalue weighted by atomic mass is 9.95. The van der Waals surface area contributed by atoms with E-state index in [-0.39, 0.29) is 17.9 Å². The molecule has 3 N–H and O–H groups in total. The van der Waals surface area contributed by atoms with Crippen LogP contribution in [0.4, 0.5) is 5.69 Å². The van der Waals surface area contributed by atoms with E-state index in [1.807, 2.05) is 36.9 Å². The number of amides is 2. The summed E-state index contributed by atoms with van der Waals surface area (Å²) in [6, 6.07) is 4.38. The molecule has 2 fully saturated rings. The summed E-state index contributed by atoms with van der Waals surface area (Å²) in [6.45, 7) is 0. The topological polar surface area (TPSA) is 109 Å². The number of H-pyrrole nitrogens is 1. The van der Waals surface area contributed by atoms with Crippen LogP contribution in [-0.2, 0) is 0 Å². The van der Waals surface area contributed by atoms with Gasteiger partial charge in [0.2, 0.25) is 0 Å². The smallest absolute Gasteiger partial charge is 0.261 e. The van der Waals surface area contributed by atoms with Crippen LogP contribution < -0.4 is 10.6 Å². The summed E-state index contributed by atoms with van der Waals surface area (Å²) < 4.78 is 3.69. The molecule has 0 radical (unpaired) electrons. The van der Waals surface area contributed by atoms with Gasteiger partial charge in [-0.15, -0.1) is 0 Å². The Morgan fingerprint density at radius 3 is 2.62 bits per heavy atom. The number of fused-ring (bicyclic) bond motifs is 1. The number of carbonyl (C=O) groups is 2. The Morgan fingerprint density at radius 1 is 1.00 bits per heavy atom. The van der Waals surface area contributed by atoms with E-state index in [1.54, 1.807) is 10.7 Å². The van der Waals surface area contributed by atoms with E-state index in [1.165, 1.54) is 25.5 Å². The Hall–Kier alpha value is -3.88. The number of anilines is 1. The molecule has 2 amide bonds. The van der Waals surface area contributed by atoms with Crippen molar-refractivity contribution in [3.05, 3.63) is 60.4 Å². The lowest BCUT2D eigenvalue weighted by Gasteiger charge is -2.23. The quantitative estimate of drug-likeness (QED) is 0.404. The fraction of sp³-hybridized carbons (Fsp3) is 0.360. The average molecular weight is 458 g/mol. The van der Waals surface area contributed by atoms with Gasteiger partial charge in [-0.25, -0.2) is 9.50 Å². The molecule has 174 valence electrons. The summed E-state index contributed by atoms with van der Waals surface area (Å²) in [7, 11) is 0. The van der Waals surface area contributed by atoms with Gasteiger partial charge in [0.1, 0.15) is 5.56 Å². The van der Waals surface area contributed by atoms with E-state index in [4.69, 9.17) is 0 Å². The Morgan fingerprint density at radius 2 is 1.85 bits per heavy atom. The molecular formula is C25H27N7O2. The fourth-order valence-corrected chi connectivity index (χ4v) is 4.70. The molecule has 0 bridgehead atoms. The van der Waals surface area contributed by atoms with Crippen molar-refractivity contribution in [1.82, 2.24) is 29.5 Å². The average Bonchev–Trinajstić information content (AvgIpc) is 3.25. The molecule has 2 saturated carbocycles. The molecule has 2 aliphatic carbocycles. The number of nitrogens with one attached hydrogen (secondary N) is 3. The highest BCUT2D eigenvalue weighted by Crippen LogP contribution is 2.32. The summed E-state index contributed by atoms with van der Waals surface area (Å²) in [5.74, 6) is -0.476. The molecule has 9 heteroatoms. The fourth-order valence-electron chi connectivity index (χ4n) is 4.70. The van der Waals surface area contributed by atoms with Crippen LogP contribution in [0.3, 0.4) is 0 Å². The van der Waals surface area contributed by atoms with Crippen LogP contribution in [0.5, 0.6) is 0 Å². The van der Waals surface area contributed by atoms with Crippen molar-refractivity contribution >= 4 is 23.1 Å². The molecule has 0 atom stereocenters. The number of rotatable bonds is 6. The van der Waals surface area contributed by atoms with Crippen LogP contribution in [0.1, 0.15) is 71.7 Å². The van der Waals surface area contributed by atoms with Crippen LogP contribution in [0.2, 0.25) is 0 Å². The molecule has 0 aliphatic heterocycles. The van der Waals surface area contributed by atoms with Crippen molar-refractivity contribution in [2.75, 3.05) is 5.32 Å². The van der Waals surface area contributed by atoms with Crippen LogP contribution in [0.15, 0.2) is 49.3 Å². The van der Waals surface area contributed by atoms with Gasteiger partial charge in [-0.05, 0) is 37.8 Å². The second kappa shape index (κ2) is 8.48. The maximum atomic E-state index is 13.3. The van der Waals surface area contributed by atoms with Crippen molar-refractivity contribution in [2.24, 2.45) is 0 Å². The minimum absolute atomic E-state index is 0.139. The SMILES string of the molecule is O=C(NC1CC1)c1cn(C2CCCCC2)cc1NC(=O)c1cnn2ccc(-c3cc[nH]c3)nc12. The molecule has 4 heterocycles. The van der Waals surface area contributed by atoms with E-state index in [0.717, 1.165) is 36.9 Å². The van der Waals surface area contributed by atoms with Crippen LogP contribution >= 0.6 is 0 Å². The van der Waals surface area contributed by atoms with Gasteiger partial charge in [-0.1, -0.05) is 19.3 Å². The molecule has 2 aliphatic rings. The Kier molecular flexibility index (Phi) is 5.16. The van der Waals surface area contributed by atoms with Gasteiger partial charge >= 0.3 is 0 Å². The number of carbonyl (C=O) groups excluding carboxylic acids is 2. The van der Waals surface area contributed by atoms with Gasteiger partial charge < -0.3 is 20.2 Å². The van der Waals surface area contributed by atoms with Crippen LogP contribution in [0.25, 0.3) is 16.9 Å². The second-order valence-electron chi connectivity index (χ2n) is 9.27. The van der Waals surface area contributed by atoms with Gasteiger partial charge in [-0.2, -0.15) is 5.10 Å². The highest BCUT2D eigenvalue weighted by Gasteiger charge is 2.28. The van der Waals surface area contributed by atoms with Crippen LogP contribution in [0, 0.1) is 0 Å². The number of hydrogen-bond acceptors (Lipinski definition) is 4. The summed E-state index contributed by atoms with van der Waals surface area (Å²) >= 11 is 0. The zero-order valence-electron chi connectivity index (χ0n) is 18.8. The molecule has 0 spiro atoms. The standard InChI is InChI=1S/C25H27N7O2/c33-24(19-13-27-32-11-9-21(29-23(19)32)16-8-10-26-12-16)30-22-15-31(18-4-2-1-3-5-18)14-20(22)25(34)28-17-6-7-17/h8-15,17-18,26H,1-7H2,(H,28,34)(H,30,33). The van der Waals surface area contributed by atoms with Gasteiger partial charge in [0.25, 0.3) is 11.8 Å². The van der Waals surface area contributed by atoms with Gasteiger partial charge in [0.15, 0.2) is 5.65 Å². The maximum Gasteiger partial charge on any atom is 0.261 e. The van der Waals surface area contributed by atoms with Crippen molar-refractivity contribution < 1.29 is 9.59 Å². The van der Waals surface area contributed by atoms with Crippen molar-refractivity contribution in [3.63, 3.8) is 0 Å². The van der Waals surface area contributed by atoms with E-state index >= 15 is 0 Å². The van der Waals surface area contributed by atoms with Crippen molar-refractivity contribution in [2.45, 2.75) is 57.0 Å². The number of nitrogens with zero attached hydrogens (tertiary/aromatic N) is 4. The van der Waals surface area contributed by atoms with Crippen LogP contribution in [-0.4, -0.2) is 42.0 Å². The van der Waals surface area contributed by atoms with Gasteiger partial charge in [0, 0.05) is 48.6 Å². The number of aromatic nitrogens is 5. The Bertz CT molecular complexity index is 1340. The lowest BCUT2D eigenvalue weighted by Crippen LogP contribution is -2.26. The zero-order chi connectivity index (χ0) is 23.1. The van der Waals surface area contributed by atoms with Crippen molar-refractivity contribution in [1.29, 1.82) is 0 Å². The molecule has 4 aromatic heterocycles. The molecule has 34 heavy (non-hydrogen) atoms. The number of hydrogen-bond donors (Lipinski definition) is 3. The number of aromatic amines is 1. The molecule has 4 aromatic rings. The van der Waals surface area contributed by atoms with Gasteiger partial charge in [0.05, 0.1) is 23.1 Å². The first-order valence-electron chi connectivity index (χ1n) is 12.0. The van der Waals surface area contributed by atoms with Gasteiger partial charge in [-0.3, -0.25) is 9.59 Å². The summed E-state index contributed by atoms with van der Waals surface area (Å²) in [6.07, 6.45) is 18.6. The largest absolute Gasteiger partial charge is 0.367 e. The zero-order valence-corrected chi connectivity index (χ0v) is 18.8. The third-order valence-corrected chi connectivity index (χ3v) is 6.76. The van der Waals surface area contributed by atoms with Crippen molar-refractivity contribution in [3.8, 4) is 11.3 Å². The second-order valence-corrected chi connectivity index (χ2v) is 9.27. The monoisotopic (exact) mass is 457 g/mol. The minimum atomic E-state index is -0.337. The first-order chi connectivity index (χ1) is 16.7. The first-order valence-corrected chi connectivity index (χ1v) is 12.0. The Balaban J connectivity index is 1.31. The lowest BCUT2D eigenvalue weighted by molar-refractivity contribution is 0.0951. The maximum absolute atomic E-state index is 13.3. The molecule has 0 unspecified atom stereocenters. The first kappa shape index (κ1) is 20.7. The predicted molar refractivity (Wildman–Crippen MR) is 128 cm³/mol. The molecule has 0 saturated heterocycles. The molecule has 0 aromatic carbocycles. The highest BCUT2D eigenvalue weighted by atomic mass is 16.2. The highest BCUT2D eigenvalue weighted by molar-refractivity contribution is 6.11. The minimum Gasteiger partial charge on any atom is -0.367 e. The molecular weight excluding hydrogens is 430 g/mol. The molecule has 6 rings (SSSR count). The third-order valence-electron chi connectivity index (χ3n) is 6.76. The normalized spacial score (nSPS) is 16.6. The Labute approximate surface area is 196 Å². The summed E-state index contributed by atoms with van der Waals surface area (Å²) in [5, 5.41) is 10.3. The summed E-state index contributed by atoms with van der Waals surface area (Å²) in [4.78, 5) is 34.0. The van der Waals surface area contributed by atoms with E-state index in [0.29, 0.717) is 28.5 Å². The van der Waals surface area contributed by atoms with E-state index < -0.39 is 0 Å². The predicted octanol–water partition coefficient (Wildman–Crippen LogP) is 4.18.